The highest BCUT2D eigenvalue weighted by Crippen LogP contribution is 2.48. The fourth-order valence-electron chi connectivity index (χ4n) is 7.65. The Morgan fingerprint density at radius 1 is 1.04 bits per heavy atom. The molecule has 4 fully saturated rings. The average molecular weight is 677 g/mol. The minimum Gasteiger partial charge on any atom is -0.463 e. The zero-order valence-corrected chi connectivity index (χ0v) is 27.8. The Balaban J connectivity index is 1.28. The molecule has 4 aliphatic rings. The van der Waals surface area contributed by atoms with Crippen molar-refractivity contribution in [2.24, 2.45) is 5.41 Å². The second-order valence-electron chi connectivity index (χ2n) is 14.3. The third-order valence-corrected chi connectivity index (χ3v) is 10.8. The molecular formula is C33H41ClF4N8O. The van der Waals surface area contributed by atoms with Crippen molar-refractivity contribution in [3.63, 3.8) is 0 Å². The van der Waals surface area contributed by atoms with Crippen LogP contribution in [-0.4, -0.2) is 95.3 Å². The quantitative estimate of drug-likeness (QED) is 0.314. The molecule has 1 aromatic carbocycles. The van der Waals surface area contributed by atoms with Crippen molar-refractivity contribution >= 4 is 34.1 Å². The van der Waals surface area contributed by atoms with E-state index in [9.17, 15) is 13.2 Å². The van der Waals surface area contributed by atoms with E-state index in [4.69, 9.17) is 27.1 Å². The third kappa shape index (κ3) is 6.20. The first-order valence-electron chi connectivity index (χ1n) is 16.3. The molecule has 9 nitrogen and oxygen atoms in total. The van der Waals surface area contributed by atoms with Gasteiger partial charge in [0.1, 0.15) is 17.2 Å². The highest BCUT2D eigenvalue weighted by Gasteiger charge is 2.47. The zero-order valence-electron chi connectivity index (χ0n) is 27.1. The smallest absolute Gasteiger partial charge is 0.418 e. The van der Waals surface area contributed by atoms with Gasteiger partial charge in [0.25, 0.3) is 0 Å². The van der Waals surface area contributed by atoms with Crippen LogP contribution in [0.25, 0.3) is 22.2 Å². The zero-order chi connectivity index (χ0) is 33.4. The van der Waals surface area contributed by atoms with Gasteiger partial charge in [0.15, 0.2) is 5.82 Å². The number of nitrogen functional groups attached to an aromatic ring is 1. The van der Waals surface area contributed by atoms with E-state index in [2.05, 4.69) is 50.9 Å². The summed E-state index contributed by atoms with van der Waals surface area (Å²) in [4.78, 5) is 20.2. The van der Waals surface area contributed by atoms with Gasteiger partial charge in [0.2, 0.25) is 0 Å². The van der Waals surface area contributed by atoms with E-state index < -0.39 is 28.8 Å². The number of ether oxygens (including phenoxy) is 1. The highest BCUT2D eigenvalue weighted by molar-refractivity contribution is 6.34. The molecule has 3 saturated heterocycles. The van der Waals surface area contributed by atoms with E-state index in [1.807, 2.05) is 0 Å². The molecule has 254 valence electrons. The SMILES string of the molecule is Cc1cc(N)nc(-c2c(Cl)cc3c(N4CC5CCC(C4)N5)nc(OCC4(CN5C[C@@H](C)N(C)C[C@H]5C)CC4)nc3c2F)c1C(F)(F)F. The number of piperazine rings is 2. The van der Waals surface area contributed by atoms with Crippen LogP contribution in [0.4, 0.5) is 29.2 Å². The lowest BCUT2D eigenvalue weighted by atomic mass is 9.99. The standard InChI is InChI=1S/C33H41ClF4N8O/c1-17-9-24(39)41-29(26(17)33(36,37)38)25-23(34)10-22-28(27(25)35)42-31(43-30(22)45-13-20-5-6-21(14-45)40-20)47-16-32(7-8-32)15-46-12-18(2)44(4)11-19(46)3/h9-10,18-21,40H,5-8,11-16H2,1-4H3,(H2,39,41)/t18-,19-,20?,21?/m1/s1. The molecule has 0 amide bonds. The summed E-state index contributed by atoms with van der Waals surface area (Å²) < 4.78 is 65.9. The molecule has 2 bridgehead atoms. The summed E-state index contributed by atoms with van der Waals surface area (Å²) >= 11 is 6.63. The van der Waals surface area contributed by atoms with Crippen LogP contribution in [0.15, 0.2) is 12.1 Å². The Morgan fingerprint density at radius 2 is 1.74 bits per heavy atom. The molecule has 47 heavy (non-hydrogen) atoms. The molecule has 3 aliphatic heterocycles. The first kappa shape index (κ1) is 32.5. The van der Waals surface area contributed by atoms with Crippen LogP contribution in [0.5, 0.6) is 6.01 Å². The van der Waals surface area contributed by atoms with E-state index >= 15 is 4.39 Å². The molecule has 4 atom stereocenters. The van der Waals surface area contributed by atoms with E-state index in [-0.39, 0.29) is 45.4 Å². The maximum atomic E-state index is 16.7. The molecule has 7 rings (SSSR count). The molecular weight excluding hydrogens is 636 g/mol. The number of aromatic nitrogens is 3. The van der Waals surface area contributed by atoms with Gasteiger partial charge in [-0.3, -0.25) is 4.90 Å². The molecule has 5 heterocycles. The van der Waals surface area contributed by atoms with Crippen LogP contribution in [-0.2, 0) is 6.18 Å². The number of alkyl halides is 3. The van der Waals surface area contributed by atoms with Gasteiger partial charge in [-0.2, -0.15) is 23.1 Å². The number of nitrogens with two attached hydrogens (primary N) is 1. The Kier molecular flexibility index (Phi) is 8.21. The van der Waals surface area contributed by atoms with Gasteiger partial charge in [-0.25, -0.2) is 9.37 Å². The largest absolute Gasteiger partial charge is 0.463 e. The van der Waals surface area contributed by atoms with Crippen molar-refractivity contribution < 1.29 is 22.3 Å². The van der Waals surface area contributed by atoms with Gasteiger partial charge >= 0.3 is 12.2 Å². The Hall–Kier alpha value is -3.00. The molecule has 14 heteroatoms. The van der Waals surface area contributed by atoms with Crippen LogP contribution in [0.2, 0.25) is 5.02 Å². The topological polar surface area (TPSA) is 95.7 Å². The minimum atomic E-state index is -4.83. The van der Waals surface area contributed by atoms with E-state index in [0.29, 0.717) is 43.0 Å². The van der Waals surface area contributed by atoms with Gasteiger partial charge in [-0.05, 0) is 71.2 Å². The fraction of sp³-hybridized carbons (Fsp3) is 0.606. The van der Waals surface area contributed by atoms with Crippen LogP contribution < -0.4 is 20.7 Å². The molecule has 1 aliphatic carbocycles. The van der Waals surface area contributed by atoms with Crippen LogP contribution >= 0.6 is 11.6 Å². The van der Waals surface area contributed by atoms with Crippen LogP contribution in [0, 0.1) is 18.2 Å². The summed E-state index contributed by atoms with van der Waals surface area (Å²) in [6.45, 7) is 10.2. The predicted octanol–water partition coefficient (Wildman–Crippen LogP) is 5.52. The number of anilines is 2. The summed E-state index contributed by atoms with van der Waals surface area (Å²) in [5.74, 6) is -0.748. The summed E-state index contributed by atoms with van der Waals surface area (Å²) in [5, 5.41) is 3.66. The number of aryl methyl sites for hydroxylation is 1. The lowest BCUT2D eigenvalue weighted by Gasteiger charge is -2.43. The molecule has 3 N–H and O–H groups in total. The Bertz CT molecular complexity index is 1690. The molecule has 2 unspecified atom stereocenters. The third-order valence-electron chi connectivity index (χ3n) is 10.5. The summed E-state index contributed by atoms with van der Waals surface area (Å²) in [6, 6.07) is 3.90. The van der Waals surface area contributed by atoms with Crippen molar-refractivity contribution in [2.75, 3.05) is 57.0 Å². The van der Waals surface area contributed by atoms with Crippen molar-refractivity contribution in [1.82, 2.24) is 30.1 Å². The van der Waals surface area contributed by atoms with Gasteiger partial charge in [0.05, 0.1) is 28.5 Å². The lowest BCUT2D eigenvalue weighted by Crippen LogP contribution is -2.56. The maximum Gasteiger partial charge on any atom is 0.418 e. The van der Waals surface area contributed by atoms with Crippen molar-refractivity contribution in [1.29, 1.82) is 0 Å². The van der Waals surface area contributed by atoms with Crippen LogP contribution in [0.3, 0.4) is 0 Å². The van der Waals surface area contributed by atoms with E-state index in [1.54, 1.807) is 0 Å². The number of benzene rings is 1. The van der Waals surface area contributed by atoms with Crippen molar-refractivity contribution in [3.05, 3.63) is 34.1 Å². The first-order chi connectivity index (χ1) is 22.2. The Labute approximate surface area is 276 Å². The van der Waals surface area contributed by atoms with Gasteiger partial charge in [-0.15, -0.1) is 0 Å². The van der Waals surface area contributed by atoms with E-state index in [0.717, 1.165) is 51.4 Å². The maximum absolute atomic E-state index is 16.7. The number of nitrogens with one attached hydrogen (secondary N) is 1. The van der Waals surface area contributed by atoms with Gasteiger partial charge < -0.3 is 25.6 Å². The summed E-state index contributed by atoms with van der Waals surface area (Å²) in [5.41, 5.74) is 3.18. The number of nitrogens with zero attached hydrogens (tertiary/aromatic N) is 6. The normalized spacial score (nSPS) is 26.3. The van der Waals surface area contributed by atoms with Crippen LogP contribution in [0.1, 0.15) is 50.7 Å². The minimum absolute atomic E-state index is 0.00983. The fourth-order valence-corrected chi connectivity index (χ4v) is 7.94. The molecule has 3 aromatic rings. The number of hydrogen-bond donors (Lipinski definition) is 2. The average Bonchev–Trinajstić information content (AvgIpc) is 3.67. The number of likely N-dealkylation sites (N-methyl/N-ethyl adjacent to an activating group) is 1. The number of fused-ring (bicyclic) bond motifs is 3. The van der Waals surface area contributed by atoms with Gasteiger partial charge in [0, 0.05) is 67.7 Å². The first-order valence-corrected chi connectivity index (χ1v) is 16.7. The second-order valence-corrected chi connectivity index (χ2v) is 14.7. The van der Waals surface area contributed by atoms with Crippen molar-refractivity contribution in [2.45, 2.75) is 76.8 Å². The van der Waals surface area contributed by atoms with Gasteiger partial charge in [-0.1, -0.05) is 11.6 Å². The molecule has 0 spiro atoms. The van der Waals surface area contributed by atoms with Crippen molar-refractivity contribution in [3.8, 4) is 17.3 Å². The summed E-state index contributed by atoms with van der Waals surface area (Å²) in [6.07, 6.45) is -0.806. The number of rotatable bonds is 7. The monoisotopic (exact) mass is 676 g/mol. The Morgan fingerprint density at radius 3 is 2.40 bits per heavy atom. The number of pyridine rings is 1. The molecule has 1 saturated carbocycles. The second kappa shape index (κ2) is 11.9. The highest BCUT2D eigenvalue weighted by atomic mass is 35.5. The molecule has 2 aromatic heterocycles. The number of hydrogen-bond acceptors (Lipinski definition) is 9. The van der Waals surface area contributed by atoms with E-state index in [1.165, 1.54) is 13.0 Å². The molecule has 0 radical (unpaired) electrons. The lowest BCUT2D eigenvalue weighted by molar-refractivity contribution is -0.137. The predicted molar refractivity (Wildman–Crippen MR) is 174 cm³/mol. The number of halogens is 5. The summed E-state index contributed by atoms with van der Waals surface area (Å²) in [7, 11) is 2.15.